The normalized spacial score (nSPS) is 9.71. The van der Waals surface area contributed by atoms with E-state index in [1.54, 1.807) is 13.0 Å². The zero-order valence-corrected chi connectivity index (χ0v) is 9.62. The third-order valence-corrected chi connectivity index (χ3v) is 2.10. The van der Waals surface area contributed by atoms with Crippen LogP contribution in [0.2, 0.25) is 0 Å². The van der Waals surface area contributed by atoms with Crippen molar-refractivity contribution in [2.75, 3.05) is 24.6 Å². The Labute approximate surface area is 99.4 Å². The van der Waals surface area contributed by atoms with Gasteiger partial charge in [-0.3, -0.25) is 9.59 Å². The molecule has 92 valence electrons. The first-order valence-electron chi connectivity index (χ1n) is 5.24. The Morgan fingerprint density at radius 2 is 1.94 bits per heavy atom. The van der Waals surface area contributed by atoms with Gasteiger partial charge >= 0.3 is 0 Å². The van der Waals surface area contributed by atoms with Crippen LogP contribution in [0, 0.1) is 0 Å². The molecule has 0 saturated heterocycles. The molecular formula is C11H16N4O2. The topological polar surface area (TPSA) is 110 Å². The van der Waals surface area contributed by atoms with Crippen LogP contribution in [0.1, 0.15) is 17.3 Å². The van der Waals surface area contributed by atoms with E-state index in [-0.39, 0.29) is 12.5 Å². The van der Waals surface area contributed by atoms with E-state index in [1.807, 2.05) is 0 Å². The molecule has 0 aliphatic carbocycles. The van der Waals surface area contributed by atoms with Gasteiger partial charge in [-0.15, -0.1) is 0 Å². The fraction of sp³-hybridized carbons (Fsp3) is 0.273. The summed E-state index contributed by atoms with van der Waals surface area (Å²) in [6, 6.07) is 4.61. The molecule has 0 bridgehead atoms. The smallest absolute Gasteiger partial charge is 0.253 e. The second-order valence-electron chi connectivity index (χ2n) is 3.48. The zero-order valence-electron chi connectivity index (χ0n) is 9.62. The lowest BCUT2D eigenvalue weighted by Gasteiger charge is -2.07. The summed E-state index contributed by atoms with van der Waals surface area (Å²) < 4.78 is 0. The van der Waals surface area contributed by atoms with Gasteiger partial charge in [0.15, 0.2) is 0 Å². The molecule has 1 aromatic rings. The maximum atomic E-state index is 11.7. The Morgan fingerprint density at radius 3 is 2.53 bits per heavy atom. The molecule has 1 rings (SSSR count). The molecule has 0 unspecified atom stereocenters. The first-order valence-corrected chi connectivity index (χ1v) is 5.24. The second-order valence-corrected chi connectivity index (χ2v) is 3.48. The summed E-state index contributed by atoms with van der Waals surface area (Å²) in [7, 11) is 0. The number of amides is 2. The van der Waals surface area contributed by atoms with Crippen LogP contribution in [0.5, 0.6) is 0 Å². The SMILES string of the molecule is CCNC(=O)CNC(=O)c1ccc(N)cc1N. The summed E-state index contributed by atoms with van der Waals surface area (Å²) in [4.78, 5) is 22.8. The molecule has 2 amide bonds. The first-order chi connectivity index (χ1) is 8.04. The van der Waals surface area contributed by atoms with E-state index in [1.165, 1.54) is 12.1 Å². The van der Waals surface area contributed by atoms with Gasteiger partial charge in [0.1, 0.15) is 0 Å². The summed E-state index contributed by atoms with van der Waals surface area (Å²) in [5.74, 6) is -0.636. The van der Waals surface area contributed by atoms with Crippen LogP contribution < -0.4 is 22.1 Å². The molecule has 17 heavy (non-hydrogen) atoms. The molecule has 6 heteroatoms. The molecule has 6 nitrogen and oxygen atoms in total. The van der Waals surface area contributed by atoms with E-state index in [0.29, 0.717) is 23.5 Å². The van der Waals surface area contributed by atoms with Crippen LogP contribution in [-0.4, -0.2) is 24.9 Å². The zero-order chi connectivity index (χ0) is 12.8. The van der Waals surface area contributed by atoms with Crippen molar-refractivity contribution < 1.29 is 9.59 Å². The summed E-state index contributed by atoms with van der Waals surface area (Å²) in [6.45, 7) is 2.26. The highest BCUT2D eigenvalue weighted by molar-refractivity contribution is 6.01. The Balaban J connectivity index is 2.61. The van der Waals surface area contributed by atoms with Gasteiger partial charge in [0, 0.05) is 17.9 Å². The Hall–Kier alpha value is -2.24. The Kier molecular flexibility index (Phi) is 4.33. The van der Waals surface area contributed by atoms with E-state index < -0.39 is 5.91 Å². The third-order valence-electron chi connectivity index (χ3n) is 2.10. The minimum absolute atomic E-state index is 0.0729. The van der Waals surface area contributed by atoms with Gasteiger partial charge in [-0.1, -0.05) is 0 Å². The molecular weight excluding hydrogens is 220 g/mol. The molecule has 0 aliphatic heterocycles. The fourth-order valence-corrected chi connectivity index (χ4v) is 1.30. The van der Waals surface area contributed by atoms with E-state index in [2.05, 4.69) is 10.6 Å². The molecule has 0 fully saturated rings. The fourth-order valence-electron chi connectivity index (χ4n) is 1.30. The van der Waals surface area contributed by atoms with Gasteiger partial charge in [0.05, 0.1) is 12.1 Å². The highest BCUT2D eigenvalue weighted by atomic mass is 16.2. The lowest BCUT2D eigenvalue weighted by Crippen LogP contribution is -2.36. The molecule has 0 spiro atoms. The van der Waals surface area contributed by atoms with Crippen molar-refractivity contribution in [3.63, 3.8) is 0 Å². The number of carbonyl (C=O) groups excluding carboxylic acids is 2. The van der Waals surface area contributed by atoms with Crippen LogP contribution in [-0.2, 0) is 4.79 Å². The number of anilines is 2. The number of hydrogen-bond acceptors (Lipinski definition) is 4. The standard InChI is InChI=1S/C11H16N4O2/c1-2-14-10(16)6-15-11(17)8-4-3-7(12)5-9(8)13/h3-5H,2,6,12-13H2,1H3,(H,14,16)(H,15,17). The number of rotatable bonds is 4. The quantitative estimate of drug-likeness (QED) is 0.539. The van der Waals surface area contributed by atoms with Crippen LogP contribution in [0.3, 0.4) is 0 Å². The number of likely N-dealkylation sites (N-methyl/N-ethyl adjacent to an activating group) is 1. The summed E-state index contributed by atoms with van der Waals surface area (Å²) >= 11 is 0. The maximum absolute atomic E-state index is 11.7. The van der Waals surface area contributed by atoms with Gasteiger partial charge < -0.3 is 22.1 Å². The number of nitrogen functional groups attached to an aromatic ring is 2. The molecule has 0 atom stereocenters. The number of nitrogens with one attached hydrogen (secondary N) is 2. The monoisotopic (exact) mass is 236 g/mol. The molecule has 0 saturated carbocycles. The summed E-state index contributed by atoms with van der Waals surface area (Å²) in [6.07, 6.45) is 0. The van der Waals surface area contributed by atoms with Crippen molar-refractivity contribution in [1.29, 1.82) is 0 Å². The van der Waals surface area contributed by atoms with Crippen LogP contribution in [0.25, 0.3) is 0 Å². The second kappa shape index (κ2) is 5.74. The minimum atomic E-state index is -0.395. The van der Waals surface area contributed by atoms with E-state index in [4.69, 9.17) is 11.5 Å². The number of nitrogens with two attached hydrogens (primary N) is 2. The van der Waals surface area contributed by atoms with E-state index >= 15 is 0 Å². The van der Waals surface area contributed by atoms with Gasteiger partial charge in [-0.2, -0.15) is 0 Å². The summed E-state index contributed by atoms with van der Waals surface area (Å²) in [5.41, 5.74) is 12.2. The van der Waals surface area contributed by atoms with Crippen LogP contribution >= 0.6 is 0 Å². The Bertz CT molecular complexity index is 431. The molecule has 0 aliphatic rings. The maximum Gasteiger partial charge on any atom is 0.253 e. The molecule has 0 heterocycles. The average Bonchev–Trinajstić information content (AvgIpc) is 2.26. The highest BCUT2D eigenvalue weighted by Gasteiger charge is 2.10. The largest absolute Gasteiger partial charge is 0.399 e. The van der Waals surface area contributed by atoms with Gasteiger partial charge in [-0.05, 0) is 25.1 Å². The molecule has 0 radical (unpaired) electrons. The molecule has 1 aromatic carbocycles. The summed E-state index contributed by atoms with van der Waals surface area (Å²) in [5, 5.41) is 5.04. The predicted molar refractivity (Wildman–Crippen MR) is 66.3 cm³/mol. The number of hydrogen-bond donors (Lipinski definition) is 4. The first kappa shape index (κ1) is 12.8. The van der Waals surface area contributed by atoms with Crippen molar-refractivity contribution >= 4 is 23.2 Å². The lowest BCUT2D eigenvalue weighted by atomic mass is 10.1. The number of carbonyl (C=O) groups is 2. The van der Waals surface area contributed by atoms with Crippen molar-refractivity contribution in [2.24, 2.45) is 0 Å². The van der Waals surface area contributed by atoms with Crippen LogP contribution in [0.15, 0.2) is 18.2 Å². The minimum Gasteiger partial charge on any atom is -0.399 e. The average molecular weight is 236 g/mol. The van der Waals surface area contributed by atoms with E-state index in [0.717, 1.165) is 0 Å². The van der Waals surface area contributed by atoms with Gasteiger partial charge in [-0.25, -0.2) is 0 Å². The third kappa shape index (κ3) is 3.67. The highest BCUT2D eigenvalue weighted by Crippen LogP contribution is 2.15. The van der Waals surface area contributed by atoms with Gasteiger partial charge in [0.2, 0.25) is 5.91 Å². The Morgan fingerprint density at radius 1 is 1.24 bits per heavy atom. The predicted octanol–water partition coefficient (Wildman–Crippen LogP) is -0.283. The van der Waals surface area contributed by atoms with Crippen molar-refractivity contribution in [2.45, 2.75) is 6.92 Å². The van der Waals surface area contributed by atoms with Gasteiger partial charge in [0.25, 0.3) is 5.91 Å². The van der Waals surface area contributed by atoms with Crippen molar-refractivity contribution in [3.05, 3.63) is 23.8 Å². The molecule has 0 aromatic heterocycles. The lowest BCUT2D eigenvalue weighted by molar-refractivity contribution is -0.120. The van der Waals surface area contributed by atoms with Crippen molar-refractivity contribution in [1.82, 2.24) is 10.6 Å². The number of benzene rings is 1. The molecule has 6 N–H and O–H groups in total. The van der Waals surface area contributed by atoms with Crippen LogP contribution in [0.4, 0.5) is 11.4 Å². The van der Waals surface area contributed by atoms with Crippen molar-refractivity contribution in [3.8, 4) is 0 Å². The van der Waals surface area contributed by atoms with E-state index in [9.17, 15) is 9.59 Å².